The minimum atomic E-state index is -0.463. The van der Waals surface area contributed by atoms with E-state index in [2.05, 4.69) is 5.32 Å². The monoisotopic (exact) mass is 422 g/mol. The van der Waals surface area contributed by atoms with Crippen molar-refractivity contribution in [2.45, 2.75) is 51.2 Å². The molecule has 4 rings (SSSR count). The number of benzene rings is 2. The zero-order valence-electron chi connectivity index (χ0n) is 18.0. The van der Waals surface area contributed by atoms with Crippen LogP contribution >= 0.6 is 0 Å². The molecule has 2 aromatic rings. The molecule has 0 saturated carbocycles. The normalized spacial score (nSPS) is 20.2. The van der Waals surface area contributed by atoms with Crippen LogP contribution in [0.1, 0.15) is 38.7 Å². The molecule has 2 aliphatic heterocycles. The Labute approximate surface area is 181 Å². The van der Waals surface area contributed by atoms with Crippen molar-refractivity contribution in [3.05, 3.63) is 65.5 Å². The molecule has 2 aromatic carbocycles. The smallest absolute Gasteiger partial charge is 0.336 e. The number of halogens is 1. The Bertz CT molecular complexity index is 1030. The van der Waals surface area contributed by atoms with Gasteiger partial charge in [-0.25, -0.2) is 14.0 Å². The van der Waals surface area contributed by atoms with E-state index in [-0.39, 0.29) is 30.0 Å². The molecule has 2 bridgehead atoms. The van der Waals surface area contributed by atoms with E-state index < -0.39 is 5.97 Å². The summed E-state index contributed by atoms with van der Waals surface area (Å²) < 4.78 is 20.1. The summed E-state index contributed by atoms with van der Waals surface area (Å²) >= 11 is 0. The van der Waals surface area contributed by atoms with Crippen molar-refractivity contribution in [2.24, 2.45) is 0 Å². The van der Waals surface area contributed by atoms with Gasteiger partial charge in [0.1, 0.15) is 5.82 Å². The molecule has 5 nitrogen and oxygen atoms in total. The van der Waals surface area contributed by atoms with Gasteiger partial charge < -0.3 is 15.0 Å². The Hall–Kier alpha value is -3.15. The largest absolute Gasteiger partial charge is 0.466 e. The number of nitrogens with one attached hydrogen (secondary N) is 1. The van der Waals surface area contributed by atoms with Gasteiger partial charge in [-0.05, 0) is 55.9 Å². The highest BCUT2D eigenvalue weighted by molar-refractivity contribution is 6.01. The number of carbonyl (C=O) groups excluding carboxylic acids is 2. The molecule has 1 fully saturated rings. The number of rotatable bonds is 4. The van der Waals surface area contributed by atoms with Gasteiger partial charge in [0, 0.05) is 17.6 Å². The highest BCUT2D eigenvalue weighted by atomic mass is 19.1. The van der Waals surface area contributed by atoms with Crippen LogP contribution in [0.2, 0.25) is 0 Å². The Morgan fingerprint density at radius 1 is 1.10 bits per heavy atom. The first-order chi connectivity index (χ1) is 14.9. The van der Waals surface area contributed by atoms with Crippen LogP contribution in [0.25, 0.3) is 16.7 Å². The number of esters is 1. The maximum absolute atomic E-state index is 15.0. The average Bonchev–Trinajstić information content (AvgIpc) is 3.07. The van der Waals surface area contributed by atoms with Crippen molar-refractivity contribution in [3.8, 4) is 11.1 Å². The van der Waals surface area contributed by atoms with Gasteiger partial charge in [-0.2, -0.15) is 0 Å². The second-order valence-electron chi connectivity index (χ2n) is 8.41. The molecular formula is C25H27FN2O3. The molecule has 0 spiro atoms. The van der Waals surface area contributed by atoms with Gasteiger partial charge in [0.15, 0.2) is 0 Å². The highest BCUT2D eigenvalue weighted by Crippen LogP contribution is 2.44. The number of carbonyl (C=O) groups is 2. The van der Waals surface area contributed by atoms with E-state index in [9.17, 15) is 9.59 Å². The summed E-state index contributed by atoms with van der Waals surface area (Å²) in [5.41, 5.74) is 3.21. The lowest BCUT2D eigenvalue weighted by molar-refractivity contribution is -0.136. The van der Waals surface area contributed by atoms with E-state index in [1.54, 1.807) is 11.0 Å². The SMILES string of the molecule is COC(=O)C1=C(c2ccc(-c3ccccc3)c(F)c2)C[C@@H]2CC[C@H]1N2C(=O)NC(C)C. The second kappa shape index (κ2) is 8.53. The number of fused-ring (bicyclic) bond motifs is 2. The molecule has 0 aromatic heterocycles. The van der Waals surface area contributed by atoms with Gasteiger partial charge in [0.2, 0.25) is 0 Å². The topological polar surface area (TPSA) is 58.6 Å². The first-order valence-corrected chi connectivity index (χ1v) is 10.7. The van der Waals surface area contributed by atoms with Crippen LogP contribution in [-0.4, -0.2) is 42.1 Å². The van der Waals surface area contributed by atoms with Crippen molar-refractivity contribution in [1.29, 1.82) is 0 Å². The highest BCUT2D eigenvalue weighted by Gasteiger charge is 2.46. The summed E-state index contributed by atoms with van der Waals surface area (Å²) in [5.74, 6) is -0.803. The number of ether oxygens (including phenoxy) is 1. The predicted molar refractivity (Wildman–Crippen MR) is 118 cm³/mol. The van der Waals surface area contributed by atoms with Gasteiger partial charge in [-0.15, -0.1) is 0 Å². The van der Waals surface area contributed by atoms with E-state index in [0.29, 0.717) is 29.5 Å². The van der Waals surface area contributed by atoms with E-state index in [0.717, 1.165) is 17.6 Å². The minimum Gasteiger partial charge on any atom is -0.466 e. The summed E-state index contributed by atoms with van der Waals surface area (Å²) in [6, 6.07) is 13.9. The number of hydrogen-bond donors (Lipinski definition) is 1. The lowest BCUT2D eigenvalue weighted by Gasteiger charge is -2.37. The van der Waals surface area contributed by atoms with Gasteiger partial charge >= 0.3 is 12.0 Å². The first-order valence-electron chi connectivity index (χ1n) is 10.7. The Morgan fingerprint density at radius 2 is 1.84 bits per heavy atom. The lowest BCUT2D eigenvalue weighted by Crippen LogP contribution is -2.52. The second-order valence-corrected chi connectivity index (χ2v) is 8.41. The van der Waals surface area contributed by atoms with Gasteiger partial charge in [-0.3, -0.25) is 0 Å². The van der Waals surface area contributed by atoms with E-state index in [1.807, 2.05) is 50.2 Å². The van der Waals surface area contributed by atoms with Crippen LogP contribution in [0.5, 0.6) is 0 Å². The summed E-state index contributed by atoms with van der Waals surface area (Å²) in [6.45, 7) is 3.81. The summed E-state index contributed by atoms with van der Waals surface area (Å²) in [6.07, 6.45) is 1.98. The van der Waals surface area contributed by atoms with Crippen molar-refractivity contribution in [1.82, 2.24) is 10.2 Å². The number of urea groups is 1. The van der Waals surface area contributed by atoms with Gasteiger partial charge in [0.05, 0.1) is 18.7 Å². The number of nitrogens with zero attached hydrogens (tertiary/aromatic N) is 1. The molecule has 2 atom stereocenters. The van der Waals surface area contributed by atoms with E-state index >= 15 is 4.39 Å². The molecule has 2 amide bonds. The fourth-order valence-corrected chi connectivity index (χ4v) is 4.74. The number of hydrogen-bond acceptors (Lipinski definition) is 3. The van der Waals surface area contributed by atoms with Crippen LogP contribution in [0, 0.1) is 5.82 Å². The van der Waals surface area contributed by atoms with Crippen LogP contribution in [-0.2, 0) is 9.53 Å². The summed E-state index contributed by atoms with van der Waals surface area (Å²) in [4.78, 5) is 27.3. The molecule has 162 valence electrons. The average molecular weight is 423 g/mol. The molecule has 2 aliphatic rings. The fourth-order valence-electron chi connectivity index (χ4n) is 4.74. The Kier molecular flexibility index (Phi) is 5.81. The van der Waals surface area contributed by atoms with E-state index in [1.165, 1.54) is 13.2 Å². The Morgan fingerprint density at radius 3 is 2.48 bits per heavy atom. The third-order valence-electron chi connectivity index (χ3n) is 6.05. The zero-order chi connectivity index (χ0) is 22.1. The minimum absolute atomic E-state index is 0.00141. The molecule has 0 unspecified atom stereocenters. The third kappa shape index (κ3) is 3.94. The van der Waals surface area contributed by atoms with Crippen molar-refractivity contribution >= 4 is 17.6 Å². The summed E-state index contributed by atoms with van der Waals surface area (Å²) in [5, 5.41) is 2.93. The van der Waals surface area contributed by atoms with Crippen LogP contribution in [0.3, 0.4) is 0 Å². The van der Waals surface area contributed by atoms with Crippen molar-refractivity contribution < 1.29 is 18.7 Å². The maximum Gasteiger partial charge on any atom is 0.336 e. The van der Waals surface area contributed by atoms with Crippen molar-refractivity contribution in [2.75, 3.05) is 7.11 Å². The van der Waals surface area contributed by atoms with E-state index in [4.69, 9.17) is 4.74 Å². The molecular weight excluding hydrogens is 395 g/mol. The number of amides is 2. The fraction of sp³-hybridized carbons (Fsp3) is 0.360. The Balaban J connectivity index is 1.75. The predicted octanol–water partition coefficient (Wildman–Crippen LogP) is 4.77. The van der Waals surface area contributed by atoms with Gasteiger partial charge in [0.25, 0.3) is 0 Å². The molecule has 31 heavy (non-hydrogen) atoms. The molecule has 1 saturated heterocycles. The maximum atomic E-state index is 15.0. The van der Waals surface area contributed by atoms with Crippen LogP contribution in [0.4, 0.5) is 9.18 Å². The molecule has 2 heterocycles. The molecule has 1 N–H and O–H groups in total. The van der Waals surface area contributed by atoms with Crippen LogP contribution in [0.15, 0.2) is 54.1 Å². The summed E-state index contributed by atoms with van der Waals surface area (Å²) in [7, 11) is 1.34. The molecule has 0 aliphatic carbocycles. The molecule has 0 radical (unpaired) electrons. The van der Waals surface area contributed by atoms with Gasteiger partial charge in [-0.1, -0.05) is 42.5 Å². The molecule has 6 heteroatoms. The quantitative estimate of drug-likeness (QED) is 0.722. The number of methoxy groups -OCH3 is 1. The third-order valence-corrected chi connectivity index (χ3v) is 6.05. The van der Waals surface area contributed by atoms with Crippen molar-refractivity contribution in [3.63, 3.8) is 0 Å². The first kappa shape index (κ1) is 21.1. The lowest BCUT2D eigenvalue weighted by atomic mass is 9.87. The van der Waals surface area contributed by atoms with Crippen LogP contribution < -0.4 is 5.32 Å². The zero-order valence-corrected chi connectivity index (χ0v) is 18.0. The standard InChI is InChI=1S/C25H27FN2O3/c1-15(2)27-25(30)28-18-10-12-22(28)23(24(29)31-3)20(14-18)17-9-11-19(21(26)13-17)16-7-5-4-6-8-16/h4-9,11,13,15,18,22H,10,12,14H2,1-3H3,(H,27,30)/t18-,22+/m0/s1.